The molecule has 5 rings (SSSR count). The van der Waals surface area contributed by atoms with Crippen LogP contribution in [0.5, 0.6) is 0 Å². The summed E-state index contributed by atoms with van der Waals surface area (Å²) in [6.45, 7) is 5.10. The molecule has 0 unspecified atom stereocenters. The van der Waals surface area contributed by atoms with Gasteiger partial charge in [0.25, 0.3) is 0 Å². The first kappa shape index (κ1) is 20.0. The number of aromatic nitrogens is 3. The summed E-state index contributed by atoms with van der Waals surface area (Å²) < 4.78 is 0. The first-order chi connectivity index (χ1) is 15.0. The minimum atomic E-state index is -0.434. The number of likely N-dealkylation sites (N-methyl/N-ethyl adjacent to an activating group) is 1. The molecule has 0 saturated carbocycles. The Kier molecular flexibility index (Phi) is 5.33. The zero-order valence-corrected chi connectivity index (χ0v) is 17.9. The Hall–Kier alpha value is -2.97. The minimum Gasteiger partial charge on any atom is -0.391 e. The lowest BCUT2D eigenvalue weighted by molar-refractivity contribution is 0.148. The standard InChI is InChI=1S/C23H29N7O/c1-28-8-10-29(11-9-28)21-13-22(27-23(24)26-21)30-14-17(20(31)15-30)12-18-7-6-16-4-2-3-5-19(16)25-18/h2-7,13,17,20,31H,8-12,14-15H2,1H3,(H2,24,26,27)/t17-,20-/m1/s1. The van der Waals surface area contributed by atoms with Gasteiger partial charge < -0.3 is 25.5 Å². The average molecular weight is 420 g/mol. The first-order valence-electron chi connectivity index (χ1n) is 10.9. The number of aliphatic hydroxyl groups is 1. The fraction of sp³-hybridized carbons (Fsp3) is 0.435. The van der Waals surface area contributed by atoms with Gasteiger partial charge in [0.1, 0.15) is 11.6 Å². The van der Waals surface area contributed by atoms with E-state index in [9.17, 15) is 5.11 Å². The highest BCUT2D eigenvalue weighted by Gasteiger charge is 2.33. The maximum Gasteiger partial charge on any atom is 0.223 e. The molecule has 8 heteroatoms. The van der Waals surface area contributed by atoms with Crippen molar-refractivity contribution in [1.29, 1.82) is 0 Å². The van der Waals surface area contributed by atoms with E-state index in [0.717, 1.165) is 60.8 Å². The highest BCUT2D eigenvalue weighted by molar-refractivity contribution is 5.78. The van der Waals surface area contributed by atoms with Crippen molar-refractivity contribution in [3.05, 3.63) is 48.2 Å². The number of anilines is 3. The molecule has 0 amide bonds. The van der Waals surface area contributed by atoms with Gasteiger partial charge in [-0.15, -0.1) is 0 Å². The van der Waals surface area contributed by atoms with Gasteiger partial charge in [-0.1, -0.05) is 24.3 Å². The lowest BCUT2D eigenvalue weighted by Gasteiger charge is -2.33. The van der Waals surface area contributed by atoms with Crippen LogP contribution in [0.4, 0.5) is 17.6 Å². The smallest absolute Gasteiger partial charge is 0.223 e. The van der Waals surface area contributed by atoms with Crippen LogP contribution in [-0.4, -0.2) is 77.4 Å². The average Bonchev–Trinajstić information content (AvgIpc) is 3.14. The number of aliphatic hydroxyl groups excluding tert-OH is 1. The second-order valence-electron chi connectivity index (χ2n) is 8.66. The minimum absolute atomic E-state index is 0.0944. The molecule has 0 aliphatic carbocycles. The maximum atomic E-state index is 10.8. The molecular formula is C23H29N7O. The molecular weight excluding hydrogens is 390 g/mol. The van der Waals surface area contributed by atoms with E-state index in [4.69, 9.17) is 10.7 Å². The fourth-order valence-corrected chi connectivity index (χ4v) is 4.53. The van der Waals surface area contributed by atoms with E-state index < -0.39 is 6.10 Å². The zero-order valence-electron chi connectivity index (χ0n) is 17.9. The van der Waals surface area contributed by atoms with Gasteiger partial charge >= 0.3 is 0 Å². The molecule has 3 aromatic rings. The molecule has 8 nitrogen and oxygen atoms in total. The van der Waals surface area contributed by atoms with Crippen LogP contribution in [-0.2, 0) is 6.42 Å². The Balaban J connectivity index is 1.31. The molecule has 2 aromatic heterocycles. The second kappa shape index (κ2) is 8.28. The number of fused-ring (bicyclic) bond motifs is 1. The van der Waals surface area contributed by atoms with Crippen molar-refractivity contribution in [2.45, 2.75) is 12.5 Å². The molecule has 2 fully saturated rings. The van der Waals surface area contributed by atoms with Crippen molar-refractivity contribution < 1.29 is 5.11 Å². The summed E-state index contributed by atoms with van der Waals surface area (Å²) in [4.78, 5) is 20.4. The third kappa shape index (κ3) is 4.26. The molecule has 31 heavy (non-hydrogen) atoms. The Morgan fingerprint density at radius 2 is 1.68 bits per heavy atom. The molecule has 0 bridgehead atoms. The van der Waals surface area contributed by atoms with Crippen LogP contribution in [0.1, 0.15) is 5.69 Å². The highest BCUT2D eigenvalue weighted by Crippen LogP contribution is 2.28. The summed E-state index contributed by atoms with van der Waals surface area (Å²) in [6.07, 6.45) is 0.297. The van der Waals surface area contributed by atoms with Gasteiger partial charge in [-0.25, -0.2) is 0 Å². The van der Waals surface area contributed by atoms with E-state index in [-0.39, 0.29) is 11.9 Å². The molecule has 2 aliphatic rings. The van der Waals surface area contributed by atoms with Gasteiger partial charge in [0.05, 0.1) is 11.6 Å². The van der Waals surface area contributed by atoms with Crippen LogP contribution in [0.25, 0.3) is 10.9 Å². The molecule has 1 aromatic carbocycles. The van der Waals surface area contributed by atoms with Crippen molar-refractivity contribution in [2.24, 2.45) is 5.92 Å². The van der Waals surface area contributed by atoms with Crippen LogP contribution < -0.4 is 15.5 Å². The summed E-state index contributed by atoms with van der Waals surface area (Å²) in [5.41, 5.74) is 8.04. The predicted molar refractivity (Wildman–Crippen MR) is 123 cm³/mol. The van der Waals surface area contributed by atoms with Gasteiger partial charge in [-0.3, -0.25) is 4.98 Å². The lowest BCUT2D eigenvalue weighted by atomic mass is 9.99. The van der Waals surface area contributed by atoms with Crippen LogP contribution in [0.15, 0.2) is 42.5 Å². The van der Waals surface area contributed by atoms with Crippen molar-refractivity contribution in [1.82, 2.24) is 19.9 Å². The van der Waals surface area contributed by atoms with Gasteiger partial charge in [0.15, 0.2) is 0 Å². The van der Waals surface area contributed by atoms with Crippen LogP contribution in [0.3, 0.4) is 0 Å². The molecule has 2 atom stereocenters. The van der Waals surface area contributed by atoms with Gasteiger partial charge in [-0.05, 0) is 25.6 Å². The summed E-state index contributed by atoms with van der Waals surface area (Å²) in [5.74, 6) is 2.02. The molecule has 2 aliphatic heterocycles. The molecule has 3 N–H and O–H groups in total. The van der Waals surface area contributed by atoms with Crippen LogP contribution in [0.2, 0.25) is 0 Å². The van der Waals surface area contributed by atoms with E-state index in [0.29, 0.717) is 13.1 Å². The Bertz CT molecular complexity index is 1070. The molecule has 162 valence electrons. The van der Waals surface area contributed by atoms with Gasteiger partial charge in [0.2, 0.25) is 5.95 Å². The van der Waals surface area contributed by atoms with Crippen LogP contribution in [0, 0.1) is 5.92 Å². The summed E-state index contributed by atoms with van der Waals surface area (Å²) in [6, 6.07) is 14.3. The van der Waals surface area contributed by atoms with Crippen molar-refractivity contribution >= 4 is 28.5 Å². The Morgan fingerprint density at radius 3 is 2.48 bits per heavy atom. The number of para-hydroxylation sites is 1. The summed E-state index contributed by atoms with van der Waals surface area (Å²) in [5, 5.41) is 11.9. The number of rotatable bonds is 4. The normalized spacial score (nSPS) is 22.4. The number of nitrogens with two attached hydrogens (primary N) is 1. The number of pyridine rings is 1. The van der Waals surface area contributed by atoms with E-state index in [2.05, 4.69) is 49.9 Å². The number of hydrogen-bond donors (Lipinski definition) is 2. The Labute approximate surface area is 182 Å². The number of hydrogen-bond acceptors (Lipinski definition) is 8. The summed E-state index contributed by atoms with van der Waals surface area (Å²) in [7, 11) is 2.13. The van der Waals surface area contributed by atoms with Gasteiger partial charge in [-0.2, -0.15) is 9.97 Å². The van der Waals surface area contributed by atoms with Crippen LogP contribution >= 0.6 is 0 Å². The lowest BCUT2D eigenvalue weighted by Crippen LogP contribution is -2.45. The highest BCUT2D eigenvalue weighted by atomic mass is 16.3. The largest absolute Gasteiger partial charge is 0.391 e. The van der Waals surface area contributed by atoms with Crippen molar-refractivity contribution in [2.75, 3.05) is 61.8 Å². The third-order valence-corrected chi connectivity index (χ3v) is 6.40. The number of nitrogens with zero attached hydrogens (tertiary/aromatic N) is 6. The zero-order chi connectivity index (χ0) is 21.4. The maximum absolute atomic E-state index is 10.8. The van der Waals surface area contributed by atoms with E-state index in [1.165, 1.54) is 0 Å². The molecule has 2 saturated heterocycles. The first-order valence-corrected chi connectivity index (χ1v) is 10.9. The summed E-state index contributed by atoms with van der Waals surface area (Å²) >= 11 is 0. The van der Waals surface area contributed by atoms with Crippen molar-refractivity contribution in [3.8, 4) is 0 Å². The molecule has 0 spiro atoms. The topological polar surface area (TPSA) is 94.6 Å². The van der Waals surface area contributed by atoms with E-state index in [1.807, 2.05) is 24.3 Å². The molecule has 4 heterocycles. The quantitative estimate of drug-likeness (QED) is 0.655. The SMILES string of the molecule is CN1CCN(c2cc(N3C[C@@H](Cc4ccc5ccccc5n4)[C@H](O)C3)nc(N)n2)CC1. The number of nitrogen functional groups attached to an aromatic ring is 1. The number of piperazine rings is 1. The number of benzene rings is 1. The van der Waals surface area contributed by atoms with Gasteiger partial charge in [0, 0.05) is 62.3 Å². The fourth-order valence-electron chi connectivity index (χ4n) is 4.53. The third-order valence-electron chi connectivity index (χ3n) is 6.40. The number of β-amino-alcohol motifs (C(OH)–C–C–N with tert-alkyl or cyclic N) is 1. The van der Waals surface area contributed by atoms with E-state index in [1.54, 1.807) is 0 Å². The second-order valence-corrected chi connectivity index (χ2v) is 8.66. The van der Waals surface area contributed by atoms with Crippen molar-refractivity contribution in [3.63, 3.8) is 0 Å². The molecule has 0 radical (unpaired) electrons. The van der Waals surface area contributed by atoms with E-state index >= 15 is 0 Å². The predicted octanol–water partition coefficient (Wildman–Crippen LogP) is 1.40. The monoisotopic (exact) mass is 419 g/mol. The Morgan fingerprint density at radius 1 is 0.935 bits per heavy atom.